The van der Waals surface area contributed by atoms with Crippen LogP contribution in [0.4, 0.5) is 0 Å². The average molecular weight is 263 g/mol. The number of benzene rings is 1. The predicted molar refractivity (Wildman–Crippen MR) is 82.7 cm³/mol. The van der Waals surface area contributed by atoms with E-state index in [2.05, 4.69) is 50.4 Å². The Morgan fingerprint density at radius 1 is 1.11 bits per heavy atom. The summed E-state index contributed by atoms with van der Waals surface area (Å²) in [6.07, 6.45) is 3.43. The van der Waals surface area contributed by atoms with Gasteiger partial charge in [0.2, 0.25) is 0 Å². The lowest BCUT2D eigenvalue weighted by Gasteiger charge is -2.29. The molecule has 0 aromatic heterocycles. The summed E-state index contributed by atoms with van der Waals surface area (Å²) in [6, 6.07) is 9.07. The number of aryl methyl sites for hydroxylation is 1. The fourth-order valence-electron chi connectivity index (χ4n) is 2.26. The van der Waals surface area contributed by atoms with Gasteiger partial charge in [0.1, 0.15) is 0 Å². The largest absolute Gasteiger partial charge is 0.383 e. The Labute approximate surface area is 118 Å². The summed E-state index contributed by atoms with van der Waals surface area (Å²) in [5.41, 5.74) is 3.18. The van der Waals surface area contributed by atoms with Crippen LogP contribution >= 0.6 is 0 Å². The predicted octanol–water partition coefficient (Wildman–Crippen LogP) is 3.44. The second-order valence-electron chi connectivity index (χ2n) is 5.68. The number of rotatable bonds is 9. The standard InChI is InChI=1S/C17H29NO/c1-5-15-7-9-16(10-8-15)13-17(3,6-2)14-18-11-12-19-4/h7-10,18H,5-6,11-14H2,1-4H3. The van der Waals surface area contributed by atoms with Crippen molar-refractivity contribution in [3.05, 3.63) is 35.4 Å². The number of hydrogen-bond donors (Lipinski definition) is 1. The minimum atomic E-state index is 0.321. The van der Waals surface area contributed by atoms with E-state index in [9.17, 15) is 0 Å². The summed E-state index contributed by atoms with van der Waals surface area (Å²) < 4.78 is 5.07. The summed E-state index contributed by atoms with van der Waals surface area (Å²) in [7, 11) is 1.75. The maximum Gasteiger partial charge on any atom is 0.0587 e. The first-order valence-electron chi connectivity index (χ1n) is 7.41. The van der Waals surface area contributed by atoms with Crippen LogP contribution in [0, 0.1) is 5.41 Å². The molecule has 1 atom stereocenters. The lowest BCUT2D eigenvalue weighted by Crippen LogP contribution is -2.34. The van der Waals surface area contributed by atoms with Crippen molar-refractivity contribution in [2.45, 2.75) is 40.0 Å². The summed E-state index contributed by atoms with van der Waals surface area (Å²) in [5.74, 6) is 0. The van der Waals surface area contributed by atoms with Gasteiger partial charge in [-0.05, 0) is 35.8 Å². The molecule has 0 heterocycles. The molecule has 0 bridgehead atoms. The molecule has 108 valence electrons. The Morgan fingerprint density at radius 2 is 1.74 bits per heavy atom. The normalized spacial score (nSPS) is 14.3. The lowest BCUT2D eigenvalue weighted by molar-refractivity contribution is 0.191. The minimum Gasteiger partial charge on any atom is -0.383 e. The molecule has 1 rings (SSSR count). The van der Waals surface area contributed by atoms with Gasteiger partial charge < -0.3 is 10.1 Å². The lowest BCUT2D eigenvalue weighted by atomic mass is 9.81. The third-order valence-electron chi connectivity index (χ3n) is 3.95. The second-order valence-corrected chi connectivity index (χ2v) is 5.68. The van der Waals surface area contributed by atoms with Gasteiger partial charge in [0.15, 0.2) is 0 Å². The van der Waals surface area contributed by atoms with Crippen molar-refractivity contribution < 1.29 is 4.74 Å². The van der Waals surface area contributed by atoms with E-state index in [1.165, 1.54) is 17.5 Å². The van der Waals surface area contributed by atoms with Crippen molar-refractivity contribution in [2.24, 2.45) is 5.41 Å². The minimum absolute atomic E-state index is 0.321. The molecular weight excluding hydrogens is 234 g/mol. The van der Waals surface area contributed by atoms with Gasteiger partial charge in [-0.3, -0.25) is 0 Å². The molecule has 1 N–H and O–H groups in total. The highest BCUT2D eigenvalue weighted by molar-refractivity contribution is 5.23. The zero-order valence-electron chi connectivity index (χ0n) is 13.0. The van der Waals surface area contributed by atoms with E-state index in [-0.39, 0.29) is 0 Å². The van der Waals surface area contributed by atoms with E-state index < -0.39 is 0 Å². The third-order valence-corrected chi connectivity index (χ3v) is 3.95. The number of ether oxygens (including phenoxy) is 1. The van der Waals surface area contributed by atoms with Crippen LogP contribution in [0.5, 0.6) is 0 Å². The molecule has 0 amide bonds. The van der Waals surface area contributed by atoms with Crippen LogP contribution in [0.15, 0.2) is 24.3 Å². The van der Waals surface area contributed by atoms with Crippen LogP contribution in [0.3, 0.4) is 0 Å². The van der Waals surface area contributed by atoms with Crippen LogP contribution in [-0.4, -0.2) is 26.8 Å². The van der Waals surface area contributed by atoms with Crippen LogP contribution in [0.2, 0.25) is 0 Å². The first-order chi connectivity index (χ1) is 9.13. The topological polar surface area (TPSA) is 21.3 Å². The van der Waals surface area contributed by atoms with E-state index in [0.717, 1.165) is 32.5 Å². The Morgan fingerprint density at radius 3 is 2.26 bits per heavy atom. The molecule has 0 spiro atoms. The summed E-state index contributed by atoms with van der Waals surface area (Å²) >= 11 is 0. The highest BCUT2D eigenvalue weighted by atomic mass is 16.5. The molecule has 0 radical (unpaired) electrons. The quantitative estimate of drug-likeness (QED) is 0.689. The summed E-state index contributed by atoms with van der Waals surface area (Å²) in [6.45, 7) is 9.60. The van der Waals surface area contributed by atoms with Gasteiger partial charge in [0.25, 0.3) is 0 Å². The molecule has 2 heteroatoms. The van der Waals surface area contributed by atoms with Gasteiger partial charge in [0.05, 0.1) is 6.61 Å². The summed E-state index contributed by atoms with van der Waals surface area (Å²) in [5, 5.41) is 3.50. The van der Waals surface area contributed by atoms with E-state index >= 15 is 0 Å². The number of hydrogen-bond acceptors (Lipinski definition) is 2. The van der Waals surface area contributed by atoms with Crippen LogP contribution < -0.4 is 5.32 Å². The van der Waals surface area contributed by atoms with E-state index in [1.807, 2.05) is 0 Å². The third kappa shape index (κ3) is 5.75. The molecule has 1 aromatic carbocycles. The molecule has 0 aliphatic carbocycles. The average Bonchev–Trinajstić information content (AvgIpc) is 2.44. The Bertz CT molecular complexity index is 347. The van der Waals surface area contributed by atoms with Crippen LogP contribution in [0.25, 0.3) is 0 Å². The zero-order valence-corrected chi connectivity index (χ0v) is 13.0. The van der Waals surface area contributed by atoms with E-state index in [1.54, 1.807) is 7.11 Å². The van der Waals surface area contributed by atoms with Crippen molar-refractivity contribution in [1.82, 2.24) is 5.32 Å². The maximum atomic E-state index is 5.07. The van der Waals surface area contributed by atoms with Crippen molar-refractivity contribution in [2.75, 3.05) is 26.8 Å². The maximum absolute atomic E-state index is 5.07. The van der Waals surface area contributed by atoms with Gasteiger partial charge in [-0.15, -0.1) is 0 Å². The Kier molecular flexibility index (Phi) is 7.11. The molecule has 0 aliphatic heterocycles. The fourth-order valence-corrected chi connectivity index (χ4v) is 2.26. The fraction of sp³-hybridized carbons (Fsp3) is 0.647. The highest BCUT2D eigenvalue weighted by Gasteiger charge is 2.21. The molecule has 19 heavy (non-hydrogen) atoms. The first-order valence-corrected chi connectivity index (χ1v) is 7.41. The van der Waals surface area contributed by atoms with E-state index in [0.29, 0.717) is 5.41 Å². The zero-order chi connectivity index (χ0) is 14.1. The van der Waals surface area contributed by atoms with Gasteiger partial charge in [-0.25, -0.2) is 0 Å². The molecule has 2 nitrogen and oxygen atoms in total. The molecule has 0 aliphatic rings. The van der Waals surface area contributed by atoms with Crippen LogP contribution in [0.1, 0.15) is 38.3 Å². The van der Waals surface area contributed by atoms with Crippen molar-refractivity contribution >= 4 is 0 Å². The van der Waals surface area contributed by atoms with Crippen molar-refractivity contribution in [3.8, 4) is 0 Å². The smallest absolute Gasteiger partial charge is 0.0587 e. The van der Waals surface area contributed by atoms with Crippen molar-refractivity contribution in [1.29, 1.82) is 0 Å². The molecule has 0 fully saturated rings. The number of methoxy groups -OCH3 is 1. The van der Waals surface area contributed by atoms with Gasteiger partial charge >= 0.3 is 0 Å². The van der Waals surface area contributed by atoms with Gasteiger partial charge in [-0.2, -0.15) is 0 Å². The molecule has 0 saturated heterocycles. The van der Waals surface area contributed by atoms with Crippen molar-refractivity contribution in [3.63, 3.8) is 0 Å². The molecule has 1 aromatic rings. The van der Waals surface area contributed by atoms with E-state index in [4.69, 9.17) is 4.74 Å². The monoisotopic (exact) mass is 263 g/mol. The second kappa shape index (κ2) is 8.34. The Balaban J connectivity index is 2.52. The molecular formula is C17H29NO. The number of nitrogens with one attached hydrogen (secondary N) is 1. The van der Waals surface area contributed by atoms with Gasteiger partial charge in [-0.1, -0.05) is 45.0 Å². The van der Waals surface area contributed by atoms with Crippen LogP contribution in [-0.2, 0) is 17.6 Å². The SMILES string of the molecule is CCc1ccc(CC(C)(CC)CNCCOC)cc1. The highest BCUT2D eigenvalue weighted by Crippen LogP contribution is 2.26. The molecule has 0 saturated carbocycles. The Hall–Kier alpha value is -0.860. The molecule has 1 unspecified atom stereocenters. The summed E-state index contributed by atoms with van der Waals surface area (Å²) in [4.78, 5) is 0. The van der Waals surface area contributed by atoms with Gasteiger partial charge in [0, 0.05) is 20.2 Å². The first kappa shape index (κ1) is 16.2.